The Bertz CT molecular complexity index is 679. The van der Waals surface area contributed by atoms with Gasteiger partial charge in [0.1, 0.15) is 4.21 Å². The third kappa shape index (κ3) is 2.72. The molecule has 0 spiro atoms. The number of sulfonamides is 1. The maximum absolute atomic E-state index is 12.3. The lowest BCUT2D eigenvalue weighted by molar-refractivity contribution is -0.126. The van der Waals surface area contributed by atoms with E-state index in [2.05, 4.69) is 20.7 Å². The third-order valence-corrected chi connectivity index (χ3v) is 7.27. The highest BCUT2D eigenvalue weighted by molar-refractivity contribution is 9.11. The highest BCUT2D eigenvalue weighted by atomic mass is 79.9. The number of thiophene rings is 1. The van der Waals surface area contributed by atoms with Crippen LogP contribution in [0.2, 0.25) is 0 Å². The fourth-order valence-corrected chi connectivity index (χ4v) is 5.97. The topological polar surface area (TPSA) is 84.0 Å². The van der Waals surface area contributed by atoms with Crippen LogP contribution in [0.5, 0.6) is 0 Å². The molecule has 2 amide bonds. The second kappa shape index (κ2) is 5.34. The number of nitrogens with zero attached hydrogens (tertiary/aromatic N) is 2. The van der Waals surface area contributed by atoms with E-state index < -0.39 is 16.1 Å². The molecule has 0 saturated carbocycles. The van der Waals surface area contributed by atoms with Crippen LogP contribution < -0.4 is 0 Å². The van der Waals surface area contributed by atoms with E-state index in [0.717, 1.165) is 20.0 Å². The van der Waals surface area contributed by atoms with Crippen LogP contribution in [0.3, 0.4) is 0 Å². The molecule has 2 saturated heterocycles. The lowest BCUT2D eigenvalue weighted by atomic mass is 10.0. The van der Waals surface area contributed by atoms with Crippen molar-refractivity contribution in [2.45, 2.75) is 4.21 Å². The predicted octanol–water partition coefficient (Wildman–Crippen LogP) is 1.11. The summed E-state index contributed by atoms with van der Waals surface area (Å²) in [5, 5.41) is 0. The molecule has 21 heavy (non-hydrogen) atoms. The number of cyclic esters (lactones) is 1. The van der Waals surface area contributed by atoms with Crippen LogP contribution in [0.15, 0.2) is 20.1 Å². The number of imide groups is 1. The number of ether oxygens (including phenoxy) is 1. The molecular formula is C11H11BrN2O5S2. The Morgan fingerprint density at radius 3 is 2.57 bits per heavy atom. The van der Waals surface area contributed by atoms with Gasteiger partial charge in [-0.05, 0) is 28.1 Å². The first kappa shape index (κ1) is 14.9. The number of rotatable bonds is 4. The van der Waals surface area contributed by atoms with Gasteiger partial charge in [-0.15, -0.1) is 11.3 Å². The summed E-state index contributed by atoms with van der Waals surface area (Å²) in [7, 11) is -3.47. The Hall–Kier alpha value is -0.970. The van der Waals surface area contributed by atoms with Gasteiger partial charge in [0.05, 0.1) is 3.79 Å². The fourth-order valence-electron chi connectivity index (χ4n) is 2.21. The molecular weight excluding hydrogens is 384 g/mol. The van der Waals surface area contributed by atoms with E-state index in [-0.39, 0.29) is 29.2 Å². The van der Waals surface area contributed by atoms with Crippen molar-refractivity contribution in [1.29, 1.82) is 0 Å². The summed E-state index contributed by atoms with van der Waals surface area (Å²) in [6.07, 6.45) is -0.650. The number of carbonyl (C=O) groups is 2. The van der Waals surface area contributed by atoms with Crippen molar-refractivity contribution in [2.75, 3.05) is 26.2 Å². The minimum atomic E-state index is -3.47. The number of amides is 2. The monoisotopic (exact) mass is 394 g/mol. The third-order valence-electron chi connectivity index (χ3n) is 3.35. The highest BCUT2D eigenvalue weighted by Gasteiger charge is 2.41. The van der Waals surface area contributed by atoms with Gasteiger partial charge < -0.3 is 4.74 Å². The lowest BCUT2D eigenvalue weighted by Gasteiger charge is -2.38. The fraction of sp³-hybridized carbons (Fsp3) is 0.455. The number of halogens is 1. The molecule has 0 N–H and O–H groups in total. The summed E-state index contributed by atoms with van der Waals surface area (Å²) in [4.78, 5) is 23.8. The molecule has 3 heterocycles. The minimum Gasteiger partial charge on any atom is -0.439 e. The minimum absolute atomic E-state index is 0.0437. The zero-order valence-electron chi connectivity index (χ0n) is 10.7. The van der Waals surface area contributed by atoms with Gasteiger partial charge in [-0.2, -0.15) is 4.31 Å². The number of hydrogen-bond donors (Lipinski definition) is 0. The predicted molar refractivity (Wildman–Crippen MR) is 77.3 cm³/mol. The molecule has 1 aromatic heterocycles. The lowest BCUT2D eigenvalue weighted by Crippen LogP contribution is -2.54. The maximum atomic E-state index is 12.3. The van der Waals surface area contributed by atoms with Crippen molar-refractivity contribution in [3.05, 3.63) is 15.9 Å². The van der Waals surface area contributed by atoms with E-state index in [1.54, 1.807) is 12.1 Å². The van der Waals surface area contributed by atoms with Gasteiger partial charge in [-0.1, -0.05) is 0 Å². The molecule has 0 unspecified atom stereocenters. The first-order valence-corrected chi connectivity index (χ1v) is 9.15. The first-order valence-electron chi connectivity index (χ1n) is 6.10. The first-order chi connectivity index (χ1) is 9.88. The molecule has 2 aliphatic rings. The average molecular weight is 395 g/mol. The van der Waals surface area contributed by atoms with Gasteiger partial charge in [-0.25, -0.2) is 18.1 Å². The Kier molecular flexibility index (Phi) is 3.80. The summed E-state index contributed by atoms with van der Waals surface area (Å²) in [5.74, 6) is -0.415. The molecule has 1 aromatic rings. The van der Waals surface area contributed by atoms with Gasteiger partial charge in [0.2, 0.25) is 0 Å². The Morgan fingerprint density at radius 2 is 2.05 bits per heavy atom. The molecule has 2 aliphatic heterocycles. The van der Waals surface area contributed by atoms with Crippen molar-refractivity contribution < 1.29 is 22.7 Å². The molecule has 2 fully saturated rings. The second-order valence-electron chi connectivity index (χ2n) is 4.81. The zero-order chi connectivity index (χ0) is 15.2. The van der Waals surface area contributed by atoms with Crippen LogP contribution in [0, 0.1) is 5.92 Å². The van der Waals surface area contributed by atoms with Gasteiger partial charge in [-0.3, -0.25) is 4.79 Å². The van der Waals surface area contributed by atoms with E-state index in [1.165, 1.54) is 4.31 Å². The van der Waals surface area contributed by atoms with Crippen molar-refractivity contribution in [1.82, 2.24) is 9.21 Å². The molecule has 0 bridgehead atoms. The van der Waals surface area contributed by atoms with E-state index in [9.17, 15) is 18.0 Å². The Morgan fingerprint density at radius 1 is 1.33 bits per heavy atom. The highest BCUT2D eigenvalue weighted by Crippen LogP contribution is 2.32. The van der Waals surface area contributed by atoms with Crippen molar-refractivity contribution in [3.8, 4) is 0 Å². The Balaban J connectivity index is 1.61. The number of hydrogen-bond acceptors (Lipinski definition) is 6. The molecule has 0 aliphatic carbocycles. The van der Waals surface area contributed by atoms with E-state index >= 15 is 0 Å². The van der Waals surface area contributed by atoms with Crippen LogP contribution in [-0.2, 0) is 19.6 Å². The summed E-state index contributed by atoms with van der Waals surface area (Å²) < 4.78 is 31.6. The van der Waals surface area contributed by atoms with E-state index in [1.807, 2.05) is 0 Å². The summed E-state index contributed by atoms with van der Waals surface area (Å²) in [6.45, 7) is 0.582. The standard InChI is InChI=1S/C11H11BrN2O5S2/c12-8-1-2-10(20-8)21(17,18)13-3-7(4-13)5-14-9(15)6-19-11(14)16/h1-2,7H,3-6H2. The van der Waals surface area contributed by atoms with E-state index in [4.69, 9.17) is 0 Å². The smallest absolute Gasteiger partial charge is 0.417 e. The van der Waals surface area contributed by atoms with Gasteiger partial charge in [0.15, 0.2) is 6.61 Å². The number of carbonyl (C=O) groups excluding carboxylic acids is 2. The van der Waals surface area contributed by atoms with Gasteiger partial charge >= 0.3 is 6.09 Å². The van der Waals surface area contributed by atoms with E-state index in [0.29, 0.717) is 13.1 Å². The zero-order valence-corrected chi connectivity index (χ0v) is 13.9. The SMILES string of the molecule is O=C1COC(=O)N1CC1CN(S(=O)(=O)c2ccc(Br)s2)C1. The molecule has 0 aromatic carbocycles. The van der Waals surface area contributed by atoms with Crippen LogP contribution >= 0.6 is 27.3 Å². The average Bonchev–Trinajstić information content (AvgIpc) is 2.92. The molecule has 3 rings (SSSR count). The van der Waals surface area contributed by atoms with Crippen molar-refractivity contribution in [3.63, 3.8) is 0 Å². The second-order valence-corrected chi connectivity index (χ2v) is 9.43. The summed E-state index contributed by atoms with van der Waals surface area (Å²) in [6, 6.07) is 3.24. The van der Waals surface area contributed by atoms with Crippen LogP contribution in [0.1, 0.15) is 0 Å². The van der Waals surface area contributed by atoms with Gasteiger partial charge in [0.25, 0.3) is 15.9 Å². The Labute approximate surface area is 133 Å². The van der Waals surface area contributed by atoms with Gasteiger partial charge in [0, 0.05) is 25.6 Å². The molecule has 10 heteroatoms. The molecule has 0 radical (unpaired) electrons. The normalized spacial score (nSPS) is 20.7. The van der Waals surface area contributed by atoms with Crippen molar-refractivity contribution in [2.24, 2.45) is 5.92 Å². The maximum Gasteiger partial charge on any atom is 0.417 e. The van der Waals surface area contributed by atoms with Crippen LogP contribution in [-0.4, -0.2) is 55.9 Å². The van der Waals surface area contributed by atoms with Crippen molar-refractivity contribution >= 4 is 49.3 Å². The molecule has 114 valence electrons. The quantitative estimate of drug-likeness (QED) is 0.763. The van der Waals surface area contributed by atoms with Crippen LogP contribution in [0.25, 0.3) is 0 Å². The largest absolute Gasteiger partial charge is 0.439 e. The summed E-state index contributed by atoms with van der Waals surface area (Å²) >= 11 is 4.39. The summed E-state index contributed by atoms with van der Waals surface area (Å²) in [5.41, 5.74) is 0. The molecule has 7 nitrogen and oxygen atoms in total. The molecule has 0 atom stereocenters. The van der Waals surface area contributed by atoms with Crippen LogP contribution in [0.4, 0.5) is 4.79 Å².